The van der Waals surface area contributed by atoms with E-state index in [1.807, 2.05) is 63.2 Å². The van der Waals surface area contributed by atoms with Gasteiger partial charge in [-0.05, 0) is 45.0 Å². The summed E-state index contributed by atoms with van der Waals surface area (Å²) in [6.07, 6.45) is -0.346. The van der Waals surface area contributed by atoms with Crippen molar-refractivity contribution in [3.63, 3.8) is 0 Å². The van der Waals surface area contributed by atoms with Gasteiger partial charge in [0, 0.05) is 26.2 Å². The molecule has 1 aliphatic rings. The fourth-order valence-electron chi connectivity index (χ4n) is 3.19. The first-order valence-electron chi connectivity index (χ1n) is 10.5. The minimum absolute atomic E-state index is 0.108. The maximum atomic E-state index is 13.1. The minimum atomic E-state index is -0.537. The molecule has 1 aliphatic heterocycles. The Bertz CT molecular complexity index is 871. The van der Waals surface area contributed by atoms with Gasteiger partial charge < -0.3 is 24.0 Å². The minimum Gasteiger partial charge on any atom is -0.490 e. The Morgan fingerprint density at radius 2 is 1.39 bits per heavy atom. The zero-order chi connectivity index (χ0) is 22.3. The molecule has 2 aromatic carbocycles. The Balaban J connectivity index is 1.52. The van der Waals surface area contributed by atoms with Gasteiger partial charge in [-0.2, -0.15) is 0 Å². The number of ether oxygens (including phenoxy) is 3. The van der Waals surface area contributed by atoms with Crippen LogP contribution in [-0.2, 0) is 4.74 Å². The van der Waals surface area contributed by atoms with E-state index in [-0.39, 0.29) is 12.0 Å². The lowest BCUT2D eigenvalue weighted by molar-refractivity contribution is 0.0140. The quantitative estimate of drug-likeness (QED) is 0.657. The number of hydrogen-bond acceptors (Lipinski definition) is 5. The number of hydrogen-bond donors (Lipinski definition) is 0. The highest BCUT2D eigenvalue weighted by atomic mass is 16.6. The first kappa shape index (κ1) is 22.5. The highest BCUT2D eigenvalue weighted by Crippen LogP contribution is 2.21. The van der Waals surface area contributed by atoms with Gasteiger partial charge in [0.15, 0.2) is 0 Å². The van der Waals surface area contributed by atoms with Crippen LogP contribution in [0.25, 0.3) is 0 Å². The highest BCUT2D eigenvalue weighted by Gasteiger charge is 2.29. The van der Waals surface area contributed by atoms with Crippen molar-refractivity contribution < 1.29 is 23.8 Å². The van der Waals surface area contributed by atoms with Crippen molar-refractivity contribution in [2.75, 3.05) is 39.4 Å². The molecule has 2 amide bonds. The molecule has 0 spiro atoms. The second kappa shape index (κ2) is 10.2. The average molecular weight is 427 g/mol. The van der Waals surface area contributed by atoms with Crippen LogP contribution in [0.15, 0.2) is 54.6 Å². The van der Waals surface area contributed by atoms with Gasteiger partial charge in [0.2, 0.25) is 0 Å². The molecule has 0 N–H and O–H groups in total. The van der Waals surface area contributed by atoms with E-state index in [0.29, 0.717) is 50.7 Å². The number of piperazine rings is 1. The Morgan fingerprint density at radius 1 is 0.806 bits per heavy atom. The second-order valence-electron chi connectivity index (χ2n) is 8.27. The first-order valence-corrected chi connectivity index (χ1v) is 10.5. The van der Waals surface area contributed by atoms with Crippen molar-refractivity contribution in [2.24, 2.45) is 0 Å². The zero-order valence-corrected chi connectivity index (χ0v) is 18.4. The maximum absolute atomic E-state index is 13.1. The summed E-state index contributed by atoms with van der Waals surface area (Å²) in [6, 6.07) is 16.7. The number of benzene rings is 2. The average Bonchev–Trinajstić information content (AvgIpc) is 2.76. The summed E-state index contributed by atoms with van der Waals surface area (Å²) in [5.41, 5.74) is -0.0298. The van der Waals surface area contributed by atoms with E-state index < -0.39 is 5.60 Å². The molecule has 0 aliphatic carbocycles. The summed E-state index contributed by atoms with van der Waals surface area (Å²) in [5.74, 6) is 1.19. The van der Waals surface area contributed by atoms with Crippen LogP contribution in [0.4, 0.5) is 4.79 Å². The number of rotatable bonds is 6. The van der Waals surface area contributed by atoms with Crippen LogP contribution in [0.3, 0.4) is 0 Å². The summed E-state index contributed by atoms with van der Waals surface area (Å²) in [5, 5.41) is 0. The smallest absolute Gasteiger partial charge is 0.410 e. The van der Waals surface area contributed by atoms with Crippen LogP contribution in [0.2, 0.25) is 0 Å². The third-order valence-corrected chi connectivity index (χ3v) is 4.69. The Kier molecular flexibility index (Phi) is 7.39. The largest absolute Gasteiger partial charge is 0.490 e. The molecule has 166 valence electrons. The third-order valence-electron chi connectivity index (χ3n) is 4.69. The lowest BCUT2D eigenvalue weighted by Crippen LogP contribution is -2.51. The molecule has 1 saturated heterocycles. The summed E-state index contributed by atoms with van der Waals surface area (Å²) in [4.78, 5) is 28.7. The molecular weight excluding hydrogens is 396 g/mol. The van der Waals surface area contributed by atoms with E-state index in [1.165, 1.54) is 0 Å². The maximum Gasteiger partial charge on any atom is 0.410 e. The Morgan fingerprint density at radius 3 is 2.06 bits per heavy atom. The third kappa shape index (κ3) is 6.64. The van der Waals surface area contributed by atoms with Gasteiger partial charge in [-0.1, -0.05) is 30.3 Å². The lowest BCUT2D eigenvalue weighted by atomic mass is 10.1. The number of amides is 2. The molecule has 0 aromatic heterocycles. The fraction of sp³-hybridized carbons (Fsp3) is 0.417. The predicted molar refractivity (Wildman–Crippen MR) is 118 cm³/mol. The highest BCUT2D eigenvalue weighted by molar-refractivity contribution is 5.97. The van der Waals surface area contributed by atoms with Crippen LogP contribution >= 0.6 is 0 Å². The van der Waals surface area contributed by atoms with E-state index in [2.05, 4.69) is 0 Å². The molecule has 7 heteroatoms. The van der Waals surface area contributed by atoms with Gasteiger partial charge in [0.25, 0.3) is 5.91 Å². The van der Waals surface area contributed by atoms with Crippen molar-refractivity contribution in [3.8, 4) is 11.5 Å². The van der Waals surface area contributed by atoms with Crippen LogP contribution in [0.5, 0.6) is 11.5 Å². The van der Waals surface area contributed by atoms with Gasteiger partial charge in [-0.3, -0.25) is 4.79 Å². The van der Waals surface area contributed by atoms with E-state index in [0.717, 1.165) is 5.75 Å². The van der Waals surface area contributed by atoms with Gasteiger partial charge in [0.05, 0.1) is 5.56 Å². The molecule has 7 nitrogen and oxygen atoms in total. The summed E-state index contributed by atoms with van der Waals surface area (Å²) >= 11 is 0. The number of para-hydroxylation sites is 2. The molecule has 0 atom stereocenters. The first-order chi connectivity index (χ1) is 14.8. The second-order valence-corrected chi connectivity index (χ2v) is 8.27. The summed E-state index contributed by atoms with van der Waals surface area (Å²) in [7, 11) is 0. The SMILES string of the molecule is CC(C)(C)OC(=O)N1CCN(C(=O)c2ccccc2OCCOc2ccccc2)CC1. The van der Waals surface area contributed by atoms with Gasteiger partial charge >= 0.3 is 6.09 Å². The topological polar surface area (TPSA) is 68.3 Å². The van der Waals surface area contributed by atoms with Crippen molar-refractivity contribution >= 4 is 12.0 Å². The monoisotopic (exact) mass is 426 g/mol. The number of carbonyl (C=O) groups excluding carboxylic acids is 2. The van der Waals surface area contributed by atoms with Gasteiger partial charge in [0.1, 0.15) is 30.3 Å². The molecule has 0 radical (unpaired) electrons. The van der Waals surface area contributed by atoms with E-state index in [9.17, 15) is 9.59 Å². The molecule has 0 saturated carbocycles. The van der Waals surface area contributed by atoms with Crippen molar-refractivity contribution in [2.45, 2.75) is 26.4 Å². The van der Waals surface area contributed by atoms with Crippen molar-refractivity contribution in [3.05, 3.63) is 60.2 Å². The molecule has 2 aromatic rings. The fourth-order valence-corrected chi connectivity index (χ4v) is 3.19. The zero-order valence-electron chi connectivity index (χ0n) is 18.4. The summed E-state index contributed by atoms with van der Waals surface area (Å²) < 4.78 is 16.9. The van der Waals surface area contributed by atoms with Crippen LogP contribution in [0.1, 0.15) is 31.1 Å². The molecule has 3 rings (SSSR count). The van der Waals surface area contributed by atoms with Gasteiger partial charge in [-0.15, -0.1) is 0 Å². The summed E-state index contributed by atoms with van der Waals surface area (Å²) in [6.45, 7) is 7.99. The van der Waals surface area contributed by atoms with Crippen LogP contribution in [-0.4, -0.2) is 66.8 Å². The molecule has 1 fully saturated rings. The van der Waals surface area contributed by atoms with Gasteiger partial charge in [-0.25, -0.2) is 4.79 Å². The van der Waals surface area contributed by atoms with Crippen molar-refractivity contribution in [1.29, 1.82) is 0 Å². The molecule has 31 heavy (non-hydrogen) atoms. The lowest BCUT2D eigenvalue weighted by Gasteiger charge is -2.35. The van der Waals surface area contributed by atoms with Crippen LogP contribution in [0, 0.1) is 0 Å². The molecule has 0 unspecified atom stereocenters. The number of carbonyl (C=O) groups is 2. The van der Waals surface area contributed by atoms with E-state index >= 15 is 0 Å². The van der Waals surface area contributed by atoms with Crippen molar-refractivity contribution in [1.82, 2.24) is 9.80 Å². The molecular formula is C24H30N2O5. The van der Waals surface area contributed by atoms with Crippen LogP contribution < -0.4 is 9.47 Å². The van der Waals surface area contributed by atoms with E-state index in [4.69, 9.17) is 14.2 Å². The number of nitrogens with zero attached hydrogens (tertiary/aromatic N) is 2. The predicted octanol–water partition coefficient (Wildman–Crippen LogP) is 3.84. The Labute approximate surface area is 183 Å². The molecule has 1 heterocycles. The molecule has 0 bridgehead atoms. The standard InChI is InChI=1S/C24H30N2O5/c1-24(2,3)31-23(28)26-15-13-25(14-16-26)22(27)20-11-7-8-12-21(20)30-18-17-29-19-9-5-4-6-10-19/h4-12H,13-18H2,1-3H3. The Hall–Kier alpha value is -3.22. The van der Waals surface area contributed by atoms with E-state index in [1.54, 1.807) is 21.9 Å². The normalized spacial score (nSPS) is 14.2.